The van der Waals surface area contributed by atoms with Crippen LogP contribution in [-0.2, 0) is 9.53 Å². The van der Waals surface area contributed by atoms with E-state index in [4.69, 9.17) is 16.3 Å². The highest BCUT2D eigenvalue weighted by molar-refractivity contribution is 6.30. The highest BCUT2D eigenvalue weighted by Crippen LogP contribution is 2.27. The van der Waals surface area contributed by atoms with Gasteiger partial charge in [0.25, 0.3) is 5.91 Å². The first kappa shape index (κ1) is 20.6. The van der Waals surface area contributed by atoms with Crippen LogP contribution in [0.3, 0.4) is 0 Å². The van der Waals surface area contributed by atoms with Crippen molar-refractivity contribution in [3.8, 4) is 11.3 Å². The van der Waals surface area contributed by atoms with Crippen molar-refractivity contribution in [1.82, 2.24) is 10.3 Å². The van der Waals surface area contributed by atoms with Gasteiger partial charge in [0.2, 0.25) is 0 Å². The summed E-state index contributed by atoms with van der Waals surface area (Å²) in [5, 5.41) is 4.08. The van der Waals surface area contributed by atoms with E-state index in [0.717, 1.165) is 5.56 Å². The number of amides is 1. The number of halogens is 1. The van der Waals surface area contributed by atoms with Gasteiger partial charge in [-0.05, 0) is 29.8 Å². The van der Waals surface area contributed by atoms with Gasteiger partial charge >= 0.3 is 5.97 Å². The Hall–Kier alpha value is -3.70. The Morgan fingerprint density at radius 3 is 2.42 bits per heavy atom. The number of para-hydroxylation sites is 1. The number of esters is 1. The van der Waals surface area contributed by atoms with Crippen molar-refractivity contribution >= 4 is 34.4 Å². The normalized spacial score (nSPS) is 11.7. The van der Waals surface area contributed by atoms with Gasteiger partial charge in [-0.2, -0.15) is 0 Å². The lowest BCUT2D eigenvalue weighted by Crippen LogP contribution is -2.34. The summed E-state index contributed by atoms with van der Waals surface area (Å²) >= 11 is 6.14. The maximum absolute atomic E-state index is 13.3. The molecule has 1 amide bonds. The van der Waals surface area contributed by atoms with E-state index in [0.29, 0.717) is 32.7 Å². The zero-order chi connectivity index (χ0) is 21.8. The molecule has 0 unspecified atom stereocenters. The van der Waals surface area contributed by atoms with Gasteiger partial charge in [-0.3, -0.25) is 4.79 Å². The van der Waals surface area contributed by atoms with Crippen LogP contribution in [0, 0.1) is 0 Å². The molecule has 0 fully saturated rings. The van der Waals surface area contributed by atoms with E-state index in [9.17, 15) is 9.59 Å². The topological polar surface area (TPSA) is 68.3 Å². The van der Waals surface area contributed by atoms with E-state index in [1.165, 1.54) is 7.11 Å². The Labute approximate surface area is 184 Å². The Bertz CT molecular complexity index is 1260. The zero-order valence-electron chi connectivity index (χ0n) is 16.7. The third-order valence-electron chi connectivity index (χ3n) is 4.93. The Morgan fingerprint density at radius 1 is 0.935 bits per heavy atom. The van der Waals surface area contributed by atoms with Gasteiger partial charge in [-0.25, -0.2) is 9.78 Å². The lowest BCUT2D eigenvalue weighted by Gasteiger charge is -2.18. The summed E-state index contributed by atoms with van der Waals surface area (Å²) in [4.78, 5) is 30.4. The summed E-state index contributed by atoms with van der Waals surface area (Å²) in [6, 6.07) is 24.4. The van der Waals surface area contributed by atoms with Crippen LogP contribution >= 0.6 is 11.6 Å². The molecule has 0 aliphatic heterocycles. The lowest BCUT2D eigenvalue weighted by molar-refractivity contribution is -0.143. The smallest absolute Gasteiger partial charge is 0.333 e. The standard InChI is InChI=1S/C25H19ClN2O3/c1-31-25(30)23(16-8-3-2-4-9-16)28-24(29)20-15-22(17-10-7-11-18(26)14-17)27-21-13-6-5-12-19(20)21/h2-15,23H,1H3,(H,28,29)/t23-/m1/s1. The van der Waals surface area contributed by atoms with Crippen molar-refractivity contribution in [2.75, 3.05) is 7.11 Å². The number of hydrogen-bond donors (Lipinski definition) is 1. The van der Waals surface area contributed by atoms with Gasteiger partial charge < -0.3 is 10.1 Å². The summed E-state index contributed by atoms with van der Waals surface area (Å²) in [5.74, 6) is -0.950. The minimum Gasteiger partial charge on any atom is -0.467 e. The Morgan fingerprint density at radius 2 is 1.68 bits per heavy atom. The van der Waals surface area contributed by atoms with Crippen LogP contribution in [0.15, 0.2) is 84.9 Å². The van der Waals surface area contributed by atoms with E-state index in [-0.39, 0.29) is 0 Å². The van der Waals surface area contributed by atoms with Crippen molar-refractivity contribution in [2.45, 2.75) is 6.04 Å². The number of aromatic nitrogens is 1. The molecule has 0 saturated carbocycles. The molecule has 1 aromatic heterocycles. The third-order valence-corrected chi connectivity index (χ3v) is 5.16. The molecule has 0 aliphatic carbocycles. The van der Waals surface area contributed by atoms with Crippen LogP contribution in [0.1, 0.15) is 22.0 Å². The van der Waals surface area contributed by atoms with E-state index >= 15 is 0 Å². The number of benzene rings is 3. The molecule has 3 aromatic carbocycles. The SMILES string of the molecule is COC(=O)[C@H](NC(=O)c1cc(-c2cccc(Cl)c2)nc2ccccc12)c1ccccc1. The number of pyridine rings is 1. The van der Waals surface area contributed by atoms with Gasteiger partial charge in [0.05, 0.1) is 23.9 Å². The number of fused-ring (bicyclic) bond motifs is 1. The average molecular weight is 431 g/mol. The van der Waals surface area contributed by atoms with Crippen molar-refractivity contribution in [1.29, 1.82) is 0 Å². The molecule has 31 heavy (non-hydrogen) atoms. The molecule has 4 rings (SSSR count). The molecule has 1 heterocycles. The summed E-state index contributed by atoms with van der Waals surface area (Å²) in [6.07, 6.45) is 0. The second kappa shape index (κ2) is 8.98. The summed E-state index contributed by atoms with van der Waals surface area (Å²) in [5.41, 5.74) is 3.11. The van der Waals surface area contributed by atoms with Gasteiger partial charge in [-0.15, -0.1) is 0 Å². The Kier molecular flexibility index (Phi) is 5.96. The minimum atomic E-state index is -0.930. The Balaban J connectivity index is 1.78. The van der Waals surface area contributed by atoms with Crippen LogP contribution < -0.4 is 5.32 Å². The highest BCUT2D eigenvalue weighted by atomic mass is 35.5. The minimum absolute atomic E-state index is 0.402. The van der Waals surface area contributed by atoms with Crippen molar-refractivity contribution in [2.24, 2.45) is 0 Å². The largest absolute Gasteiger partial charge is 0.467 e. The second-order valence-electron chi connectivity index (χ2n) is 6.92. The summed E-state index contributed by atoms with van der Waals surface area (Å²) in [7, 11) is 1.30. The fraction of sp³-hybridized carbons (Fsp3) is 0.0800. The fourth-order valence-corrected chi connectivity index (χ4v) is 3.60. The molecule has 0 radical (unpaired) electrons. The molecule has 6 heteroatoms. The first-order valence-electron chi connectivity index (χ1n) is 9.66. The number of ether oxygens (including phenoxy) is 1. The quantitative estimate of drug-likeness (QED) is 0.442. The molecule has 4 aromatic rings. The van der Waals surface area contributed by atoms with Gasteiger partial charge in [0, 0.05) is 16.0 Å². The zero-order valence-corrected chi connectivity index (χ0v) is 17.5. The number of hydrogen-bond acceptors (Lipinski definition) is 4. The molecule has 0 aliphatic rings. The third kappa shape index (κ3) is 4.42. The van der Waals surface area contributed by atoms with Gasteiger partial charge in [0.1, 0.15) is 0 Å². The molecule has 0 bridgehead atoms. The highest BCUT2D eigenvalue weighted by Gasteiger charge is 2.25. The first-order chi connectivity index (χ1) is 15.1. The predicted molar refractivity (Wildman–Crippen MR) is 121 cm³/mol. The number of carbonyl (C=O) groups excluding carboxylic acids is 2. The van der Waals surface area contributed by atoms with Crippen LogP contribution in [0.25, 0.3) is 22.2 Å². The molecule has 1 N–H and O–H groups in total. The fourth-order valence-electron chi connectivity index (χ4n) is 3.41. The van der Waals surface area contributed by atoms with E-state index in [1.807, 2.05) is 42.5 Å². The number of carbonyl (C=O) groups is 2. The summed E-state index contributed by atoms with van der Waals surface area (Å²) < 4.78 is 4.92. The monoisotopic (exact) mass is 430 g/mol. The maximum Gasteiger partial charge on any atom is 0.333 e. The summed E-state index contributed by atoms with van der Waals surface area (Å²) in [6.45, 7) is 0. The number of methoxy groups -OCH3 is 1. The van der Waals surface area contributed by atoms with Crippen LogP contribution in [-0.4, -0.2) is 24.0 Å². The van der Waals surface area contributed by atoms with Gasteiger partial charge in [-0.1, -0.05) is 72.3 Å². The second-order valence-corrected chi connectivity index (χ2v) is 7.36. The van der Waals surface area contributed by atoms with E-state index in [1.54, 1.807) is 42.5 Å². The average Bonchev–Trinajstić information content (AvgIpc) is 2.81. The molecule has 0 saturated heterocycles. The van der Waals surface area contributed by atoms with Crippen LogP contribution in [0.5, 0.6) is 0 Å². The molecular formula is C25H19ClN2O3. The molecule has 154 valence electrons. The van der Waals surface area contributed by atoms with E-state index in [2.05, 4.69) is 10.3 Å². The lowest BCUT2D eigenvalue weighted by atomic mass is 10.0. The number of nitrogens with zero attached hydrogens (tertiary/aromatic N) is 1. The number of nitrogens with one attached hydrogen (secondary N) is 1. The number of rotatable bonds is 5. The van der Waals surface area contributed by atoms with Crippen LogP contribution in [0.4, 0.5) is 0 Å². The predicted octanol–water partition coefficient (Wildman–Crippen LogP) is 5.20. The molecular weight excluding hydrogens is 412 g/mol. The molecule has 5 nitrogen and oxygen atoms in total. The van der Waals surface area contributed by atoms with Crippen molar-refractivity contribution in [3.05, 3.63) is 101 Å². The van der Waals surface area contributed by atoms with Crippen molar-refractivity contribution < 1.29 is 14.3 Å². The van der Waals surface area contributed by atoms with Crippen LogP contribution in [0.2, 0.25) is 5.02 Å². The van der Waals surface area contributed by atoms with E-state index < -0.39 is 17.9 Å². The van der Waals surface area contributed by atoms with Crippen molar-refractivity contribution in [3.63, 3.8) is 0 Å². The van der Waals surface area contributed by atoms with Gasteiger partial charge in [0.15, 0.2) is 6.04 Å². The maximum atomic E-state index is 13.3. The molecule has 1 atom stereocenters. The molecule has 0 spiro atoms. The first-order valence-corrected chi connectivity index (χ1v) is 10.0.